The summed E-state index contributed by atoms with van der Waals surface area (Å²) in [6, 6.07) is 1.34. The number of hydrogen-bond acceptors (Lipinski definition) is 1. The van der Waals surface area contributed by atoms with Crippen molar-refractivity contribution < 1.29 is 4.58 Å². The first-order chi connectivity index (χ1) is 5.95. The van der Waals surface area contributed by atoms with Gasteiger partial charge in [-0.05, 0) is 27.7 Å². The summed E-state index contributed by atoms with van der Waals surface area (Å²) in [6.45, 7) is 13.8. The predicted octanol–water partition coefficient (Wildman–Crippen LogP) is 2.99. The minimum Gasteiger partial charge on any atom is -0.222 e. The van der Waals surface area contributed by atoms with Crippen LogP contribution in [0.2, 0.25) is 0 Å². The standard InChI is InChI=1S/C11H22NS/c1-7(2)11-12(8(3)4)9(5)10(6)13-11/h7-10H,1-6H3/q+1/t9-,10+/m0/s1. The lowest BCUT2D eigenvalue weighted by Gasteiger charge is -2.12. The Morgan fingerprint density at radius 2 is 1.69 bits per heavy atom. The van der Waals surface area contributed by atoms with Gasteiger partial charge in [0.15, 0.2) is 6.04 Å². The zero-order valence-corrected chi connectivity index (χ0v) is 10.5. The third-order valence-electron chi connectivity index (χ3n) is 2.73. The molecule has 0 saturated heterocycles. The van der Waals surface area contributed by atoms with Gasteiger partial charge in [0, 0.05) is 5.92 Å². The molecule has 1 aliphatic rings. The second kappa shape index (κ2) is 4.04. The van der Waals surface area contributed by atoms with E-state index in [1.54, 1.807) is 5.04 Å². The molecule has 0 aromatic carbocycles. The first-order valence-electron chi connectivity index (χ1n) is 5.27. The molecular formula is C11H22NS+. The van der Waals surface area contributed by atoms with Gasteiger partial charge in [-0.15, -0.1) is 0 Å². The summed E-state index contributed by atoms with van der Waals surface area (Å²) in [5.41, 5.74) is 0. The monoisotopic (exact) mass is 200 g/mol. The summed E-state index contributed by atoms with van der Waals surface area (Å²) >= 11 is 2.06. The highest BCUT2D eigenvalue weighted by Gasteiger charge is 2.39. The van der Waals surface area contributed by atoms with E-state index >= 15 is 0 Å². The number of thioether (sulfide) groups is 1. The summed E-state index contributed by atoms with van der Waals surface area (Å²) in [7, 11) is 0. The van der Waals surface area contributed by atoms with Crippen LogP contribution in [0, 0.1) is 5.92 Å². The van der Waals surface area contributed by atoms with Crippen LogP contribution in [0.1, 0.15) is 41.5 Å². The summed E-state index contributed by atoms with van der Waals surface area (Å²) in [5.74, 6) is 0.680. The molecule has 0 spiro atoms. The zero-order chi connectivity index (χ0) is 10.2. The van der Waals surface area contributed by atoms with Crippen LogP contribution in [-0.4, -0.2) is 27.0 Å². The Morgan fingerprint density at radius 3 is 2.00 bits per heavy atom. The molecule has 1 heterocycles. The van der Waals surface area contributed by atoms with Gasteiger partial charge in [0.05, 0.1) is 5.25 Å². The largest absolute Gasteiger partial charge is 0.222 e. The molecule has 1 rings (SSSR count). The normalized spacial score (nSPS) is 29.5. The molecule has 2 atom stereocenters. The number of hydrogen-bond donors (Lipinski definition) is 0. The van der Waals surface area contributed by atoms with Gasteiger partial charge in [-0.2, -0.15) is 0 Å². The Balaban J connectivity index is 2.96. The van der Waals surface area contributed by atoms with Crippen molar-refractivity contribution in [2.75, 3.05) is 0 Å². The second-order valence-electron chi connectivity index (χ2n) is 4.56. The van der Waals surface area contributed by atoms with E-state index in [2.05, 4.69) is 57.9 Å². The Kier molecular flexibility index (Phi) is 3.44. The average molecular weight is 200 g/mol. The highest BCUT2D eigenvalue weighted by atomic mass is 32.2. The maximum absolute atomic E-state index is 2.58. The molecule has 76 valence electrons. The van der Waals surface area contributed by atoms with E-state index in [1.165, 1.54) is 0 Å². The van der Waals surface area contributed by atoms with Gasteiger partial charge in [0.25, 0.3) is 0 Å². The predicted molar refractivity (Wildman–Crippen MR) is 61.8 cm³/mol. The van der Waals surface area contributed by atoms with Crippen LogP contribution >= 0.6 is 11.8 Å². The van der Waals surface area contributed by atoms with E-state index in [9.17, 15) is 0 Å². The van der Waals surface area contributed by atoms with Crippen molar-refractivity contribution in [3.05, 3.63) is 0 Å². The minimum absolute atomic E-state index is 0.643. The molecular weight excluding hydrogens is 178 g/mol. The van der Waals surface area contributed by atoms with E-state index < -0.39 is 0 Å². The quantitative estimate of drug-likeness (QED) is 0.619. The molecule has 1 aliphatic heterocycles. The molecule has 13 heavy (non-hydrogen) atoms. The smallest absolute Gasteiger partial charge is 0.214 e. The highest BCUT2D eigenvalue weighted by molar-refractivity contribution is 8.14. The highest BCUT2D eigenvalue weighted by Crippen LogP contribution is 2.30. The second-order valence-corrected chi connectivity index (χ2v) is 5.96. The van der Waals surface area contributed by atoms with Crippen molar-refractivity contribution in [1.82, 2.24) is 0 Å². The van der Waals surface area contributed by atoms with Gasteiger partial charge in [-0.25, -0.2) is 4.58 Å². The topological polar surface area (TPSA) is 3.01 Å². The van der Waals surface area contributed by atoms with Crippen molar-refractivity contribution in [3.8, 4) is 0 Å². The van der Waals surface area contributed by atoms with Gasteiger partial charge >= 0.3 is 0 Å². The Bertz CT molecular complexity index is 218. The van der Waals surface area contributed by atoms with Crippen molar-refractivity contribution in [3.63, 3.8) is 0 Å². The fourth-order valence-electron chi connectivity index (χ4n) is 1.94. The summed E-state index contributed by atoms with van der Waals surface area (Å²) in [6.07, 6.45) is 0. The lowest BCUT2D eigenvalue weighted by molar-refractivity contribution is -0.586. The van der Waals surface area contributed by atoms with Gasteiger partial charge < -0.3 is 0 Å². The fourth-order valence-corrected chi connectivity index (χ4v) is 3.42. The molecule has 0 saturated carbocycles. The average Bonchev–Trinajstić information content (AvgIpc) is 2.28. The SMILES string of the molecule is CC(C)C1=[N+](C(C)C)[C@@H](C)[C@@H](C)S1. The number of rotatable bonds is 2. The van der Waals surface area contributed by atoms with E-state index in [-0.39, 0.29) is 0 Å². The summed E-state index contributed by atoms with van der Waals surface area (Å²) in [5, 5.41) is 2.33. The van der Waals surface area contributed by atoms with Crippen LogP contribution in [0.4, 0.5) is 0 Å². The van der Waals surface area contributed by atoms with Crippen molar-refractivity contribution in [2.24, 2.45) is 5.92 Å². The molecule has 1 nitrogen and oxygen atoms in total. The van der Waals surface area contributed by atoms with Crippen LogP contribution in [0.3, 0.4) is 0 Å². The third kappa shape index (κ3) is 2.09. The van der Waals surface area contributed by atoms with Crippen LogP contribution in [0.25, 0.3) is 0 Å². The molecule has 0 aromatic rings. The van der Waals surface area contributed by atoms with Crippen LogP contribution in [0.15, 0.2) is 0 Å². The molecule has 0 bridgehead atoms. The lowest BCUT2D eigenvalue weighted by atomic mass is 10.1. The van der Waals surface area contributed by atoms with Gasteiger partial charge in [0.1, 0.15) is 6.04 Å². The Labute approximate surface area is 86.6 Å². The molecule has 0 unspecified atom stereocenters. The fraction of sp³-hybridized carbons (Fsp3) is 0.909. The van der Waals surface area contributed by atoms with Crippen molar-refractivity contribution in [1.29, 1.82) is 0 Å². The first kappa shape index (κ1) is 11.1. The molecule has 0 amide bonds. The van der Waals surface area contributed by atoms with Gasteiger partial charge in [-0.3, -0.25) is 0 Å². The van der Waals surface area contributed by atoms with Crippen molar-refractivity contribution >= 4 is 16.8 Å². The van der Waals surface area contributed by atoms with E-state index in [1.807, 2.05) is 0 Å². The molecule has 0 aliphatic carbocycles. The molecule has 2 heteroatoms. The lowest BCUT2D eigenvalue weighted by Crippen LogP contribution is -2.33. The molecule has 0 aromatic heterocycles. The molecule has 0 fully saturated rings. The van der Waals surface area contributed by atoms with Crippen LogP contribution < -0.4 is 0 Å². The summed E-state index contributed by atoms with van der Waals surface area (Å²) < 4.78 is 2.58. The summed E-state index contributed by atoms with van der Waals surface area (Å²) in [4.78, 5) is 0. The van der Waals surface area contributed by atoms with Crippen LogP contribution in [-0.2, 0) is 0 Å². The molecule has 0 radical (unpaired) electrons. The molecule has 0 N–H and O–H groups in total. The van der Waals surface area contributed by atoms with Gasteiger partial charge in [-0.1, -0.05) is 25.6 Å². The van der Waals surface area contributed by atoms with Gasteiger partial charge in [0.2, 0.25) is 5.04 Å². The Hall–Kier alpha value is 0.0200. The maximum atomic E-state index is 2.58. The minimum atomic E-state index is 0.643. The first-order valence-corrected chi connectivity index (χ1v) is 6.15. The number of nitrogens with zero attached hydrogens (tertiary/aromatic N) is 1. The van der Waals surface area contributed by atoms with Crippen molar-refractivity contribution in [2.45, 2.75) is 58.9 Å². The van der Waals surface area contributed by atoms with E-state index in [0.29, 0.717) is 18.0 Å². The van der Waals surface area contributed by atoms with E-state index in [4.69, 9.17) is 0 Å². The van der Waals surface area contributed by atoms with Crippen LogP contribution in [0.5, 0.6) is 0 Å². The maximum Gasteiger partial charge on any atom is 0.214 e. The Morgan fingerprint density at radius 1 is 1.15 bits per heavy atom. The zero-order valence-electron chi connectivity index (χ0n) is 9.66. The third-order valence-corrected chi connectivity index (χ3v) is 4.42. The van der Waals surface area contributed by atoms with E-state index in [0.717, 1.165) is 5.25 Å².